The highest BCUT2D eigenvalue weighted by atomic mass is 79.9. The molecule has 4 rings (SSSR count). The van der Waals surface area contributed by atoms with Gasteiger partial charge in [0.1, 0.15) is 0 Å². The summed E-state index contributed by atoms with van der Waals surface area (Å²) in [5.41, 5.74) is 0.860. The van der Waals surface area contributed by atoms with Crippen molar-refractivity contribution in [3.05, 3.63) is 67.0 Å². The molecule has 0 fully saturated rings. The van der Waals surface area contributed by atoms with Crippen molar-refractivity contribution in [3.8, 4) is 5.75 Å². The van der Waals surface area contributed by atoms with Crippen LogP contribution < -0.4 is 10.2 Å². The second-order valence-electron chi connectivity index (χ2n) is 8.28. The molecule has 0 aliphatic heterocycles. The largest absolute Gasteiger partial charge is 0.489 e. The minimum absolute atomic E-state index is 0.0899. The fourth-order valence-electron chi connectivity index (χ4n) is 3.69. The van der Waals surface area contributed by atoms with Gasteiger partial charge in [-0.15, -0.1) is 0 Å². The van der Waals surface area contributed by atoms with E-state index in [9.17, 15) is 23.2 Å². The molecule has 0 aliphatic rings. The first-order valence-electron chi connectivity index (χ1n) is 12.5. The number of aromatic amines is 1. The quantitative estimate of drug-likeness (QED) is 0.229. The SMILES string of the molecule is CCOC(=O)CCc1cn2cc(Br)c(=O)c(F)c2[nH]1.CCOC(=O)CCc1cn2cc(Br)c(OCC)c(F)c2n1. The van der Waals surface area contributed by atoms with Crippen LogP contribution in [0.2, 0.25) is 0 Å². The van der Waals surface area contributed by atoms with E-state index in [-0.39, 0.29) is 46.3 Å². The maximum Gasteiger partial charge on any atom is 0.306 e. The Morgan fingerprint density at radius 1 is 0.875 bits per heavy atom. The highest BCUT2D eigenvalue weighted by Crippen LogP contribution is 2.30. The maximum absolute atomic E-state index is 14.3. The van der Waals surface area contributed by atoms with Crippen molar-refractivity contribution < 1.29 is 32.6 Å². The molecule has 0 spiro atoms. The molecule has 1 N–H and O–H groups in total. The molecule has 14 heteroatoms. The summed E-state index contributed by atoms with van der Waals surface area (Å²) in [6.07, 6.45) is 7.72. The molecule has 0 unspecified atom stereocenters. The van der Waals surface area contributed by atoms with Gasteiger partial charge in [-0.05, 0) is 59.1 Å². The van der Waals surface area contributed by atoms with E-state index in [2.05, 4.69) is 41.8 Å². The molecule has 4 aromatic heterocycles. The highest BCUT2D eigenvalue weighted by Gasteiger charge is 2.17. The number of esters is 2. The van der Waals surface area contributed by atoms with Crippen LogP contribution >= 0.6 is 31.9 Å². The van der Waals surface area contributed by atoms with Crippen molar-refractivity contribution in [1.29, 1.82) is 0 Å². The molecule has 10 nitrogen and oxygen atoms in total. The number of aryl methyl sites for hydroxylation is 2. The van der Waals surface area contributed by atoms with Crippen molar-refractivity contribution in [2.24, 2.45) is 0 Å². The standard InChI is InChI=1S/C14H16BrFN2O3.C12H12BrFN2O3/c1-3-20-11(19)6-5-9-7-18-8-10(15)13(21-4-2)12(16)14(18)17-9;1-2-19-9(17)4-3-7-5-16-6-8(13)11(18)10(14)12(16)15-7/h7-8H,3-6H2,1-2H3;5-6,15H,2-4H2,1H3. The summed E-state index contributed by atoms with van der Waals surface area (Å²) >= 11 is 6.27. The Morgan fingerprint density at radius 3 is 2.12 bits per heavy atom. The van der Waals surface area contributed by atoms with E-state index < -0.39 is 17.1 Å². The van der Waals surface area contributed by atoms with Crippen LogP contribution in [0.5, 0.6) is 5.75 Å². The van der Waals surface area contributed by atoms with E-state index in [0.717, 1.165) is 0 Å². The zero-order valence-corrected chi connectivity index (χ0v) is 25.2. The van der Waals surface area contributed by atoms with E-state index >= 15 is 0 Å². The van der Waals surface area contributed by atoms with Gasteiger partial charge in [0, 0.05) is 36.9 Å². The maximum atomic E-state index is 14.3. The molecule has 40 heavy (non-hydrogen) atoms. The number of nitrogens with zero attached hydrogens (tertiary/aromatic N) is 3. The number of hydrogen-bond acceptors (Lipinski definition) is 7. The van der Waals surface area contributed by atoms with Gasteiger partial charge in [-0.25, -0.2) is 4.98 Å². The Hall–Kier alpha value is -3.26. The molecule has 0 saturated carbocycles. The number of hydrogen-bond donors (Lipinski definition) is 1. The Bertz CT molecular complexity index is 1570. The number of fused-ring (bicyclic) bond motifs is 2. The summed E-state index contributed by atoms with van der Waals surface area (Å²) in [5.74, 6) is -1.82. The molecule has 0 radical (unpaired) electrons. The third kappa shape index (κ3) is 7.68. The van der Waals surface area contributed by atoms with E-state index in [0.29, 0.717) is 48.5 Å². The number of nitrogens with one attached hydrogen (secondary N) is 1. The first-order valence-corrected chi connectivity index (χ1v) is 14.1. The molecule has 4 heterocycles. The van der Waals surface area contributed by atoms with Crippen molar-refractivity contribution >= 4 is 55.1 Å². The van der Waals surface area contributed by atoms with Gasteiger partial charge >= 0.3 is 11.9 Å². The van der Waals surface area contributed by atoms with Crippen LogP contribution in [0.25, 0.3) is 11.3 Å². The van der Waals surface area contributed by atoms with Crippen molar-refractivity contribution in [2.75, 3.05) is 19.8 Å². The first kappa shape index (κ1) is 31.3. The van der Waals surface area contributed by atoms with Crippen LogP contribution in [0.3, 0.4) is 0 Å². The van der Waals surface area contributed by atoms with Gasteiger partial charge in [-0.3, -0.25) is 14.4 Å². The summed E-state index contributed by atoms with van der Waals surface area (Å²) in [5, 5.41) is 0. The minimum Gasteiger partial charge on any atom is -0.489 e. The lowest BCUT2D eigenvalue weighted by molar-refractivity contribution is -0.144. The number of pyridine rings is 2. The average Bonchev–Trinajstić information content (AvgIpc) is 3.52. The van der Waals surface area contributed by atoms with Gasteiger partial charge in [-0.1, -0.05) is 0 Å². The molecular formula is C26H28Br2F2N4O6. The average molecular weight is 690 g/mol. The number of ether oxygens (including phenoxy) is 3. The number of carbonyl (C=O) groups is 2. The molecule has 0 aromatic carbocycles. The summed E-state index contributed by atoms with van der Waals surface area (Å²) in [4.78, 5) is 41.0. The number of halogens is 4. The molecule has 4 aromatic rings. The van der Waals surface area contributed by atoms with Gasteiger partial charge < -0.3 is 28.0 Å². The predicted octanol–water partition coefficient (Wildman–Crippen LogP) is 5.16. The topological polar surface area (TPSA) is 116 Å². The summed E-state index contributed by atoms with van der Waals surface area (Å²) < 4.78 is 46.7. The van der Waals surface area contributed by atoms with Crippen molar-refractivity contribution in [1.82, 2.24) is 18.8 Å². The summed E-state index contributed by atoms with van der Waals surface area (Å²) in [6.45, 7) is 6.32. The Balaban J connectivity index is 0.000000222. The van der Waals surface area contributed by atoms with Crippen LogP contribution in [-0.2, 0) is 31.9 Å². The Labute approximate surface area is 244 Å². The van der Waals surface area contributed by atoms with Gasteiger partial charge in [0.05, 0.1) is 47.3 Å². The molecule has 0 bridgehead atoms. The van der Waals surface area contributed by atoms with Gasteiger partial charge in [0.15, 0.2) is 17.0 Å². The second kappa shape index (κ2) is 14.4. The fraction of sp³-hybridized carbons (Fsp3) is 0.385. The number of carbonyl (C=O) groups excluding carboxylic acids is 2. The van der Waals surface area contributed by atoms with Gasteiger partial charge in [0.2, 0.25) is 17.1 Å². The van der Waals surface area contributed by atoms with E-state index in [1.54, 1.807) is 43.8 Å². The monoisotopic (exact) mass is 688 g/mol. The third-order valence-corrected chi connectivity index (χ3v) is 6.57. The highest BCUT2D eigenvalue weighted by molar-refractivity contribution is 9.10. The number of H-pyrrole nitrogens is 1. The molecule has 216 valence electrons. The smallest absolute Gasteiger partial charge is 0.306 e. The summed E-state index contributed by atoms with van der Waals surface area (Å²) in [7, 11) is 0. The van der Waals surface area contributed by atoms with Gasteiger partial charge in [-0.2, -0.15) is 8.78 Å². The summed E-state index contributed by atoms with van der Waals surface area (Å²) in [6, 6.07) is 0. The fourth-order valence-corrected chi connectivity index (χ4v) is 4.60. The molecule has 0 amide bonds. The lowest BCUT2D eigenvalue weighted by Crippen LogP contribution is -2.09. The predicted molar refractivity (Wildman–Crippen MR) is 150 cm³/mol. The first-order chi connectivity index (χ1) is 19.1. The second-order valence-corrected chi connectivity index (χ2v) is 9.99. The van der Waals surface area contributed by atoms with Crippen LogP contribution in [0, 0.1) is 11.6 Å². The number of aromatic nitrogens is 4. The van der Waals surface area contributed by atoms with E-state index in [1.165, 1.54) is 10.6 Å². The number of rotatable bonds is 10. The lowest BCUT2D eigenvalue weighted by Gasteiger charge is -2.07. The third-order valence-electron chi connectivity index (χ3n) is 5.44. The van der Waals surface area contributed by atoms with Crippen LogP contribution in [-0.4, -0.2) is 50.5 Å². The Morgan fingerprint density at radius 2 is 1.50 bits per heavy atom. The van der Waals surface area contributed by atoms with Crippen LogP contribution in [0.1, 0.15) is 45.0 Å². The molecule has 0 saturated heterocycles. The zero-order valence-electron chi connectivity index (χ0n) is 22.1. The van der Waals surface area contributed by atoms with E-state index in [1.807, 2.05) is 0 Å². The van der Waals surface area contributed by atoms with E-state index in [4.69, 9.17) is 14.2 Å². The number of imidazole rings is 2. The molecule has 0 atom stereocenters. The van der Waals surface area contributed by atoms with Crippen LogP contribution in [0.15, 0.2) is 38.5 Å². The molecular weight excluding hydrogens is 662 g/mol. The lowest BCUT2D eigenvalue weighted by atomic mass is 10.2. The van der Waals surface area contributed by atoms with Crippen molar-refractivity contribution in [2.45, 2.75) is 46.5 Å². The normalized spacial score (nSPS) is 10.9. The Kier molecular flexibility index (Phi) is 11.3. The molecule has 0 aliphatic carbocycles. The zero-order chi connectivity index (χ0) is 29.4. The van der Waals surface area contributed by atoms with Crippen molar-refractivity contribution in [3.63, 3.8) is 0 Å². The minimum atomic E-state index is -0.850. The van der Waals surface area contributed by atoms with Crippen LogP contribution in [0.4, 0.5) is 8.78 Å². The van der Waals surface area contributed by atoms with Gasteiger partial charge in [0.25, 0.3) is 0 Å².